The largest absolute Gasteiger partial charge is 0.454 e. The fourth-order valence-electron chi connectivity index (χ4n) is 0.956. The van der Waals surface area contributed by atoms with Crippen molar-refractivity contribution in [3.63, 3.8) is 0 Å². The van der Waals surface area contributed by atoms with Crippen LogP contribution in [0.3, 0.4) is 0 Å². The molecule has 76 valence electrons. The number of hydrogen-bond donors (Lipinski definition) is 0. The molecule has 0 amide bonds. The zero-order valence-electron chi connectivity index (χ0n) is 8.23. The SMILES string of the molecule is CCCC(=O)OCSc1ccccc1. The van der Waals surface area contributed by atoms with Crippen molar-refractivity contribution in [3.8, 4) is 0 Å². The second kappa shape index (κ2) is 6.49. The molecule has 0 aliphatic heterocycles. The molecule has 0 atom stereocenters. The lowest BCUT2D eigenvalue weighted by Crippen LogP contribution is -2.02. The van der Waals surface area contributed by atoms with Crippen molar-refractivity contribution >= 4 is 17.7 Å². The third kappa shape index (κ3) is 4.33. The summed E-state index contributed by atoms with van der Waals surface area (Å²) in [6.07, 6.45) is 1.35. The van der Waals surface area contributed by atoms with Gasteiger partial charge in [0.1, 0.15) is 5.94 Å². The van der Waals surface area contributed by atoms with Crippen molar-refractivity contribution in [2.75, 3.05) is 5.94 Å². The van der Waals surface area contributed by atoms with Gasteiger partial charge in [-0.25, -0.2) is 0 Å². The number of ether oxygens (including phenoxy) is 1. The highest BCUT2D eigenvalue weighted by Gasteiger charge is 2.00. The Morgan fingerprint density at radius 3 is 2.71 bits per heavy atom. The number of rotatable bonds is 5. The van der Waals surface area contributed by atoms with E-state index in [1.54, 1.807) is 0 Å². The van der Waals surface area contributed by atoms with Gasteiger partial charge in [0.05, 0.1) is 0 Å². The lowest BCUT2D eigenvalue weighted by molar-refractivity contribution is -0.141. The molecular formula is C11H14O2S. The molecule has 0 radical (unpaired) electrons. The molecule has 0 aliphatic rings. The Labute approximate surface area is 88.7 Å². The molecule has 0 N–H and O–H groups in total. The fourth-order valence-corrected chi connectivity index (χ4v) is 1.63. The maximum absolute atomic E-state index is 11.0. The standard InChI is InChI=1S/C11H14O2S/c1-2-6-11(12)13-9-14-10-7-4-3-5-8-10/h3-5,7-8H,2,6,9H2,1H3. The van der Waals surface area contributed by atoms with Crippen LogP contribution >= 0.6 is 11.8 Å². The van der Waals surface area contributed by atoms with Crippen LogP contribution < -0.4 is 0 Å². The Morgan fingerprint density at radius 2 is 2.07 bits per heavy atom. The normalized spacial score (nSPS) is 9.79. The Hall–Kier alpha value is -0.960. The van der Waals surface area contributed by atoms with Gasteiger partial charge in [0.2, 0.25) is 0 Å². The molecule has 0 saturated heterocycles. The molecule has 1 aromatic rings. The van der Waals surface area contributed by atoms with Crippen LogP contribution in [0.2, 0.25) is 0 Å². The van der Waals surface area contributed by atoms with Gasteiger partial charge in [0.25, 0.3) is 0 Å². The summed E-state index contributed by atoms with van der Waals surface area (Å²) < 4.78 is 5.01. The third-order valence-electron chi connectivity index (χ3n) is 1.64. The maximum atomic E-state index is 11.0. The lowest BCUT2D eigenvalue weighted by atomic mass is 10.3. The van der Waals surface area contributed by atoms with E-state index in [0.717, 1.165) is 11.3 Å². The minimum absolute atomic E-state index is 0.115. The van der Waals surface area contributed by atoms with E-state index < -0.39 is 0 Å². The van der Waals surface area contributed by atoms with Crippen LogP contribution in [-0.2, 0) is 9.53 Å². The highest BCUT2D eigenvalue weighted by Crippen LogP contribution is 2.16. The summed E-state index contributed by atoms with van der Waals surface area (Å²) in [4.78, 5) is 12.1. The number of benzene rings is 1. The number of esters is 1. The molecule has 0 fully saturated rings. The zero-order chi connectivity index (χ0) is 10.2. The lowest BCUT2D eigenvalue weighted by Gasteiger charge is -2.03. The monoisotopic (exact) mass is 210 g/mol. The van der Waals surface area contributed by atoms with Gasteiger partial charge in [-0.15, -0.1) is 0 Å². The summed E-state index contributed by atoms with van der Waals surface area (Å²) in [5, 5.41) is 0. The van der Waals surface area contributed by atoms with E-state index in [0.29, 0.717) is 12.4 Å². The van der Waals surface area contributed by atoms with Gasteiger partial charge in [0.15, 0.2) is 0 Å². The van der Waals surface area contributed by atoms with Gasteiger partial charge in [-0.3, -0.25) is 4.79 Å². The van der Waals surface area contributed by atoms with Crippen LogP contribution in [0.1, 0.15) is 19.8 Å². The molecule has 0 bridgehead atoms. The number of hydrogen-bond acceptors (Lipinski definition) is 3. The minimum atomic E-state index is -0.115. The Bertz CT molecular complexity index is 272. The van der Waals surface area contributed by atoms with E-state index >= 15 is 0 Å². The zero-order valence-corrected chi connectivity index (χ0v) is 9.05. The van der Waals surface area contributed by atoms with Gasteiger partial charge >= 0.3 is 5.97 Å². The van der Waals surface area contributed by atoms with Crippen LogP contribution in [-0.4, -0.2) is 11.9 Å². The molecule has 1 rings (SSSR count). The van der Waals surface area contributed by atoms with Crippen LogP contribution in [0.4, 0.5) is 0 Å². The molecule has 0 unspecified atom stereocenters. The van der Waals surface area contributed by atoms with Crippen LogP contribution in [0, 0.1) is 0 Å². The first-order chi connectivity index (χ1) is 6.83. The molecule has 3 heteroatoms. The van der Waals surface area contributed by atoms with E-state index in [9.17, 15) is 4.79 Å². The first kappa shape index (κ1) is 11.1. The quantitative estimate of drug-likeness (QED) is 0.424. The molecule has 1 aromatic carbocycles. The minimum Gasteiger partial charge on any atom is -0.454 e. The molecular weight excluding hydrogens is 196 g/mol. The van der Waals surface area contributed by atoms with Gasteiger partial charge in [0, 0.05) is 11.3 Å². The maximum Gasteiger partial charge on any atom is 0.306 e. The topological polar surface area (TPSA) is 26.3 Å². The molecule has 14 heavy (non-hydrogen) atoms. The second-order valence-electron chi connectivity index (χ2n) is 2.84. The van der Waals surface area contributed by atoms with Crippen molar-refractivity contribution in [1.82, 2.24) is 0 Å². The summed E-state index contributed by atoms with van der Waals surface area (Å²) in [5.41, 5.74) is 0. The highest BCUT2D eigenvalue weighted by atomic mass is 32.2. The third-order valence-corrected chi connectivity index (χ3v) is 2.48. The Kier molecular flexibility index (Phi) is 5.15. The predicted octanol–water partition coefficient (Wildman–Crippen LogP) is 3.08. The van der Waals surface area contributed by atoms with Gasteiger partial charge in [-0.1, -0.05) is 36.9 Å². The van der Waals surface area contributed by atoms with Gasteiger partial charge < -0.3 is 4.74 Å². The van der Waals surface area contributed by atoms with Crippen molar-refractivity contribution in [2.45, 2.75) is 24.7 Å². The molecule has 0 aliphatic carbocycles. The van der Waals surface area contributed by atoms with Crippen LogP contribution in [0.25, 0.3) is 0 Å². The fraction of sp³-hybridized carbons (Fsp3) is 0.364. The number of carbonyl (C=O) groups is 1. The highest BCUT2D eigenvalue weighted by molar-refractivity contribution is 7.99. The Morgan fingerprint density at radius 1 is 1.36 bits per heavy atom. The summed E-state index contributed by atoms with van der Waals surface area (Å²) in [6, 6.07) is 9.90. The summed E-state index contributed by atoms with van der Waals surface area (Å²) in [5.74, 6) is 0.291. The van der Waals surface area contributed by atoms with E-state index in [2.05, 4.69) is 0 Å². The van der Waals surface area contributed by atoms with E-state index in [4.69, 9.17) is 4.74 Å². The summed E-state index contributed by atoms with van der Waals surface area (Å²) in [6.45, 7) is 1.96. The molecule has 0 aromatic heterocycles. The van der Waals surface area contributed by atoms with Gasteiger partial charge in [-0.2, -0.15) is 0 Å². The van der Waals surface area contributed by atoms with E-state index in [1.165, 1.54) is 11.8 Å². The van der Waals surface area contributed by atoms with Crippen molar-refractivity contribution in [1.29, 1.82) is 0 Å². The molecule has 2 nitrogen and oxygen atoms in total. The first-order valence-electron chi connectivity index (χ1n) is 4.66. The van der Waals surface area contributed by atoms with Gasteiger partial charge in [-0.05, 0) is 18.6 Å². The molecule has 0 saturated carbocycles. The average Bonchev–Trinajstić information content (AvgIpc) is 2.20. The van der Waals surface area contributed by atoms with Crippen molar-refractivity contribution in [3.05, 3.63) is 30.3 Å². The molecule has 0 spiro atoms. The predicted molar refractivity (Wildman–Crippen MR) is 58.2 cm³/mol. The van der Waals surface area contributed by atoms with Crippen molar-refractivity contribution < 1.29 is 9.53 Å². The summed E-state index contributed by atoms with van der Waals surface area (Å²) >= 11 is 1.53. The summed E-state index contributed by atoms with van der Waals surface area (Å²) in [7, 11) is 0. The molecule has 0 heterocycles. The second-order valence-corrected chi connectivity index (χ2v) is 3.84. The first-order valence-corrected chi connectivity index (χ1v) is 5.65. The number of thioether (sulfide) groups is 1. The van der Waals surface area contributed by atoms with Crippen LogP contribution in [0.15, 0.2) is 35.2 Å². The van der Waals surface area contributed by atoms with E-state index in [-0.39, 0.29) is 5.97 Å². The Balaban J connectivity index is 2.19. The van der Waals surface area contributed by atoms with Crippen molar-refractivity contribution in [2.24, 2.45) is 0 Å². The smallest absolute Gasteiger partial charge is 0.306 e. The van der Waals surface area contributed by atoms with Crippen LogP contribution in [0.5, 0.6) is 0 Å². The number of carbonyl (C=O) groups excluding carboxylic acids is 1. The van der Waals surface area contributed by atoms with E-state index in [1.807, 2.05) is 37.3 Å². The average molecular weight is 210 g/mol.